The van der Waals surface area contributed by atoms with Crippen molar-refractivity contribution >= 4 is 33.0 Å². The van der Waals surface area contributed by atoms with Crippen LogP contribution in [0.25, 0.3) is 21.5 Å². The molecule has 3 heterocycles. The van der Waals surface area contributed by atoms with Crippen LogP contribution in [0.3, 0.4) is 0 Å². The number of carbonyl (C=O) groups excluding carboxylic acids is 1. The zero-order valence-corrected chi connectivity index (χ0v) is 16.5. The molecule has 4 aromatic rings. The number of thiophene rings is 1. The van der Waals surface area contributed by atoms with Crippen molar-refractivity contribution in [1.82, 2.24) is 14.8 Å². The van der Waals surface area contributed by atoms with Crippen molar-refractivity contribution in [3.63, 3.8) is 0 Å². The van der Waals surface area contributed by atoms with Crippen molar-refractivity contribution in [2.75, 3.05) is 5.32 Å². The standard InChI is InChI=1S/C22H19FN4OS/c23-16-7-10-18-15(12-16)13-19(29-18)22(28)24-17-8-5-14(6-9-17)21-26-25-20-4-2-1-3-11-27(20)21/h5-10,12-13H,1-4,11H2,(H,24,28). The predicted molar refractivity (Wildman–Crippen MR) is 113 cm³/mol. The van der Waals surface area contributed by atoms with Crippen molar-refractivity contribution < 1.29 is 9.18 Å². The fourth-order valence-electron chi connectivity index (χ4n) is 3.72. The van der Waals surface area contributed by atoms with E-state index in [1.807, 2.05) is 24.3 Å². The summed E-state index contributed by atoms with van der Waals surface area (Å²) in [6, 6.07) is 13.9. The first-order valence-electron chi connectivity index (χ1n) is 9.70. The average Bonchev–Trinajstić information content (AvgIpc) is 3.25. The summed E-state index contributed by atoms with van der Waals surface area (Å²) < 4.78 is 16.5. The maximum Gasteiger partial charge on any atom is 0.265 e. The smallest absolute Gasteiger partial charge is 0.265 e. The van der Waals surface area contributed by atoms with Crippen LogP contribution in [0.2, 0.25) is 0 Å². The highest BCUT2D eigenvalue weighted by Gasteiger charge is 2.16. The quantitative estimate of drug-likeness (QED) is 0.504. The van der Waals surface area contributed by atoms with Crippen LogP contribution in [0, 0.1) is 5.82 Å². The second kappa shape index (κ2) is 7.40. The molecule has 1 amide bonds. The molecule has 0 fully saturated rings. The zero-order chi connectivity index (χ0) is 19.8. The van der Waals surface area contributed by atoms with Crippen LogP contribution in [-0.4, -0.2) is 20.7 Å². The number of anilines is 1. The van der Waals surface area contributed by atoms with Crippen LogP contribution >= 0.6 is 11.3 Å². The number of halogens is 1. The van der Waals surface area contributed by atoms with E-state index in [-0.39, 0.29) is 11.7 Å². The minimum absolute atomic E-state index is 0.198. The van der Waals surface area contributed by atoms with E-state index in [0.29, 0.717) is 10.6 Å². The number of nitrogens with one attached hydrogen (secondary N) is 1. The fourth-order valence-corrected chi connectivity index (χ4v) is 4.66. The van der Waals surface area contributed by atoms with Crippen molar-refractivity contribution in [3.8, 4) is 11.4 Å². The summed E-state index contributed by atoms with van der Waals surface area (Å²) in [5, 5.41) is 12.4. The molecule has 1 aliphatic heterocycles. The van der Waals surface area contributed by atoms with E-state index in [0.717, 1.165) is 53.1 Å². The Morgan fingerprint density at radius 1 is 1.03 bits per heavy atom. The van der Waals surface area contributed by atoms with E-state index < -0.39 is 0 Å². The van der Waals surface area contributed by atoms with Crippen molar-refractivity contribution in [2.45, 2.75) is 32.2 Å². The lowest BCUT2D eigenvalue weighted by Crippen LogP contribution is -2.10. The van der Waals surface area contributed by atoms with Gasteiger partial charge in [0, 0.05) is 28.9 Å². The van der Waals surface area contributed by atoms with Gasteiger partial charge in [-0.3, -0.25) is 4.79 Å². The van der Waals surface area contributed by atoms with E-state index in [4.69, 9.17) is 0 Å². The Bertz CT molecular complexity index is 1200. The SMILES string of the molecule is O=C(Nc1ccc(-c2nnc3n2CCCCC3)cc1)c1cc2cc(F)ccc2s1. The molecule has 2 aromatic heterocycles. The van der Waals surface area contributed by atoms with Gasteiger partial charge in [-0.15, -0.1) is 21.5 Å². The molecular weight excluding hydrogens is 387 g/mol. The van der Waals surface area contributed by atoms with Crippen molar-refractivity contribution in [2.24, 2.45) is 0 Å². The monoisotopic (exact) mass is 406 g/mol. The normalized spacial score (nSPS) is 13.8. The van der Waals surface area contributed by atoms with Gasteiger partial charge >= 0.3 is 0 Å². The van der Waals surface area contributed by atoms with Crippen LogP contribution < -0.4 is 5.32 Å². The van der Waals surface area contributed by atoms with Crippen molar-refractivity contribution in [1.29, 1.82) is 0 Å². The number of hydrogen-bond donors (Lipinski definition) is 1. The summed E-state index contributed by atoms with van der Waals surface area (Å²) in [7, 11) is 0. The zero-order valence-electron chi connectivity index (χ0n) is 15.7. The first-order chi connectivity index (χ1) is 14.2. The molecule has 146 valence electrons. The molecule has 29 heavy (non-hydrogen) atoms. The van der Waals surface area contributed by atoms with Crippen LogP contribution in [0.4, 0.5) is 10.1 Å². The second-order valence-corrected chi connectivity index (χ2v) is 8.31. The molecule has 0 saturated heterocycles. The Hall–Kier alpha value is -3.06. The van der Waals surface area contributed by atoms with Gasteiger partial charge in [-0.2, -0.15) is 0 Å². The lowest BCUT2D eigenvalue weighted by atomic mass is 10.2. The molecule has 0 unspecified atom stereocenters. The molecule has 1 aliphatic rings. The number of fused-ring (bicyclic) bond motifs is 2. The van der Waals surface area contributed by atoms with Crippen LogP contribution in [0.5, 0.6) is 0 Å². The molecule has 0 saturated carbocycles. The van der Waals surface area contributed by atoms with E-state index >= 15 is 0 Å². The minimum Gasteiger partial charge on any atom is -0.321 e. The van der Waals surface area contributed by atoms with Gasteiger partial charge in [-0.1, -0.05) is 6.42 Å². The first-order valence-corrected chi connectivity index (χ1v) is 10.5. The van der Waals surface area contributed by atoms with Gasteiger partial charge in [-0.05, 0) is 66.8 Å². The van der Waals surface area contributed by atoms with Crippen LogP contribution in [-0.2, 0) is 13.0 Å². The molecular formula is C22H19FN4OS. The maximum atomic E-state index is 13.4. The van der Waals surface area contributed by atoms with Gasteiger partial charge < -0.3 is 9.88 Å². The molecule has 0 atom stereocenters. The van der Waals surface area contributed by atoms with Gasteiger partial charge in [0.2, 0.25) is 0 Å². The highest BCUT2D eigenvalue weighted by atomic mass is 32.1. The number of rotatable bonds is 3. The lowest BCUT2D eigenvalue weighted by molar-refractivity contribution is 0.103. The number of aromatic nitrogens is 3. The van der Waals surface area contributed by atoms with Gasteiger partial charge in [0.25, 0.3) is 5.91 Å². The highest BCUT2D eigenvalue weighted by molar-refractivity contribution is 7.20. The Morgan fingerprint density at radius 2 is 1.90 bits per heavy atom. The fraction of sp³-hybridized carbons (Fsp3) is 0.227. The molecule has 0 radical (unpaired) electrons. The van der Waals surface area contributed by atoms with Crippen molar-refractivity contribution in [3.05, 3.63) is 65.0 Å². The number of hydrogen-bond acceptors (Lipinski definition) is 4. The van der Waals surface area contributed by atoms with E-state index in [1.165, 1.54) is 29.9 Å². The number of nitrogens with zero attached hydrogens (tertiary/aromatic N) is 3. The molecule has 0 aliphatic carbocycles. The third-order valence-corrected chi connectivity index (χ3v) is 6.33. The maximum absolute atomic E-state index is 13.4. The Labute approximate surface area is 171 Å². The van der Waals surface area contributed by atoms with E-state index in [2.05, 4.69) is 20.1 Å². The van der Waals surface area contributed by atoms with Crippen LogP contribution in [0.15, 0.2) is 48.5 Å². The van der Waals surface area contributed by atoms with Gasteiger partial charge in [0.05, 0.1) is 4.88 Å². The molecule has 5 nitrogen and oxygen atoms in total. The Kier molecular flexibility index (Phi) is 4.60. The summed E-state index contributed by atoms with van der Waals surface area (Å²) in [5.74, 6) is 1.43. The van der Waals surface area contributed by atoms with Gasteiger partial charge in [0.15, 0.2) is 5.82 Å². The molecule has 0 bridgehead atoms. The van der Waals surface area contributed by atoms with Crippen LogP contribution in [0.1, 0.15) is 34.8 Å². The van der Waals surface area contributed by atoms with E-state index in [9.17, 15) is 9.18 Å². The van der Waals surface area contributed by atoms with E-state index in [1.54, 1.807) is 12.1 Å². The summed E-state index contributed by atoms with van der Waals surface area (Å²) >= 11 is 1.35. The lowest BCUT2D eigenvalue weighted by Gasteiger charge is -2.08. The summed E-state index contributed by atoms with van der Waals surface area (Å²) in [4.78, 5) is 13.1. The number of carbonyl (C=O) groups is 1. The Balaban J connectivity index is 1.35. The number of benzene rings is 2. The topological polar surface area (TPSA) is 59.8 Å². The average molecular weight is 406 g/mol. The summed E-state index contributed by atoms with van der Waals surface area (Å²) in [6.07, 6.45) is 4.50. The molecule has 1 N–H and O–H groups in total. The molecule has 7 heteroatoms. The number of amides is 1. The summed E-state index contributed by atoms with van der Waals surface area (Å²) in [5.41, 5.74) is 1.69. The first kappa shape index (κ1) is 18.0. The third kappa shape index (κ3) is 3.53. The van der Waals surface area contributed by atoms with Gasteiger partial charge in [-0.25, -0.2) is 4.39 Å². The molecule has 0 spiro atoms. The molecule has 5 rings (SSSR count). The summed E-state index contributed by atoms with van der Waals surface area (Å²) in [6.45, 7) is 0.947. The molecule has 2 aromatic carbocycles. The predicted octanol–water partition coefficient (Wildman–Crippen LogP) is 5.28. The Morgan fingerprint density at radius 3 is 2.76 bits per heavy atom. The van der Waals surface area contributed by atoms with Gasteiger partial charge in [0.1, 0.15) is 11.6 Å². The minimum atomic E-state index is -0.302. The third-order valence-electron chi connectivity index (χ3n) is 5.21. The number of aryl methyl sites for hydroxylation is 1. The second-order valence-electron chi connectivity index (χ2n) is 7.23. The largest absolute Gasteiger partial charge is 0.321 e. The highest BCUT2D eigenvalue weighted by Crippen LogP contribution is 2.28.